The molecule has 1 aliphatic heterocycles. The Morgan fingerprint density at radius 2 is 2.05 bits per heavy atom. The van der Waals surface area contributed by atoms with E-state index in [0.29, 0.717) is 13.0 Å². The van der Waals surface area contributed by atoms with Gasteiger partial charge in [-0.25, -0.2) is 0 Å². The highest BCUT2D eigenvalue weighted by Crippen LogP contribution is 2.30. The number of likely N-dealkylation sites (tertiary alicyclic amines) is 1. The summed E-state index contributed by atoms with van der Waals surface area (Å²) in [7, 11) is 0. The summed E-state index contributed by atoms with van der Waals surface area (Å²) in [6, 6.07) is 4.18. The van der Waals surface area contributed by atoms with Crippen LogP contribution in [0.5, 0.6) is 0 Å². The smallest absolute Gasteiger partial charge is 0.416 e. The SMILES string of the molecule is CC1C(C(=O)O)CCN1C(=O)Cc1cccc(C(F)(F)F)c1. The first-order valence-electron chi connectivity index (χ1n) is 6.88. The summed E-state index contributed by atoms with van der Waals surface area (Å²) in [6.45, 7) is 1.96. The Bertz CT molecular complexity index is 586. The number of carbonyl (C=O) groups excluding carboxylic acids is 1. The van der Waals surface area contributed by atoms with Gasteiger partial charge in [0.05, 0.1) is 17.9 Å². The van der Waals surface area contributed by atoms with Crippen molar-refractivity contribution in [3.05, 3.63) is 35.4 Å². The zero-order chi connectivity index (χ0) is 16.5. The number of carboxylic acid groups (broad SMARTS) is 1. The van der Waals surface area contributed by atoms with Crippen molar-refractivity contribution in [2.24, 2.45) is 5.92 Å². The molecule has 2 unspecified atom stereocenters. The summed E-state index contributed by atoms with van der Waals surface area (Å²) in [6.07, 6.45) is -4.25. The quantitative estimate of drug-likeness (QED) is 0.932. The van der Waals surface area contributed by atoms with Gasteiger partial charge < -0.3 is 10.0 Å². The lowest BCUT2D eigenvalue weighted by atomic mass is 10.0. The number of amides is 1. The maximum Gasteiger partial charge on any atom is 0.416 e. The van der Waals surface area contributed by atoms with Crippen LogP contribution >= 0.6 is 0 Å². The Kier molecular flexibility index (Phi) is 4.44. The Balaban J connectivity index is 2.09. The van der Waals surface area contributed by atoms with E-state index in [2.05, 4.69) is 0 Å². The Labute approximate surface area is 125 Å². The zero-order valence-corrected chi connectivity index (χ0v) is 11.9. The average Bonchev–Trinajstić information content (AvgIpc) is 2.80. The zero-order valence-electron chi connectivity index (χ0n) is 11.9. The largest absolute Gasteiger partial charge is 0.481 e. The molecule has 1 aliphatic rings. The van der Waals surface area contributed by atoms with Gasteiger partial charge in [0.15, 0.2) is 0 Å². The molecule has 1 heterocycles. The van der Waals surface area contributed by atoms with E-state index in [0.717, 1.165) is 12.1 Å². The highest BCUT2D eigenvalue weighted by molar-refractivity contribution is 5.81. The number of nitrogens with zero attached hydrogens (tertiary/aromatic N) is 1. The predicted octanol–water partition coefficient (Wildman–Crippen LogP) is 2.57. The van der Waals surface area contributed by atoms with Crippen LogP contribution in [0.25, 0.3) is 0 Å². The third kappa shape index (κ3) is 3.40. The highest BCUT2D eigenvalue weighted by Gasteiger charge is 2.38. The molecule has 22 heavy (non-hydrogen) atoms. The molecule has 0 saturated carbocycles. The van der Waals surface area contributed by atoms with E-state index in [1.165, 1.54) is 17.0 Å². The molecule has 1 N–H and O–H groups in total. The summed E-state index contributed by atoms with van der Waals surface area (Å²) in [5.74, 6) is -1.93. The van der Waals surface area contributed by atoms with E-state index in [1.54, 1.807) is 6.92 Å². The minimum absolute atomic E-state index is 0.166. The lowest BCUT2D eigenvalue weighted by Crippen LogP contribution is -2.38. The van der Waals surface area contributed by atoms with E-state index in [-0.39, 0.29) is 17.9 Å². The van der Waals surface area contributed by atoms with Gasteiger partial charge in [-0.1, -0.05) is 18.2 Å². The van der Waals surface area contributed by atoms with Crippen LogP contribution in [0.4, 0.5) is 13.2 Å². The van der Waals surface area contributed by atoms with Crippen LogP contribution in [0, 0.1) is 5.92 Å². The number of benzene rings is 1. The fourth-order valence-corrected chi connectivity index (χ4v) is 2.76. The predicted molar refractivity (Wildman–Crippen MR) is 72.1 cm³/mol. The molecule has 1 fully saturated rings. The van der Waals surface area contributed by atoms with Gasteiger partial charge in [0.1, 0.15) is 0 Å². The molecule has 0 spiro atoms. The number of aliphatic carboxylic acids is 1. The van der Waals surface area contributed by atoms with Crippen molar-refractivity contribution < 1.29 is 27.9 Å². The molecule has 120 valence electrons. The first-order chi connectivity index (χ1) is 10.2. The van der Waals surface area contributed by atoms with Crippen molar-refractivity contribution in [2.75, 3.05) is 6.54 Å². The van der Waals surface area contributed by atoms with Crippen LogP contribution in [0.3, 0.4) is 0 Å². The molecule has 0 aromatic heterocycles. The fraction of sp³-hybridized carbons (Fsp3) is 0.467. The van der Waals surface area contributed by atoms with E-state index in [9.17, 15) is 22.8 Å². The number of hydrogen-bond acceptors (Lipinski definition) is 2. The average molecular weight is 315 g/mol. The van der Waals surface area contributed by atoms with Gasteiger partial charge in [0, 0.05) is 12.6 Å². The molecule has 4 nitrogen and oxygen atoms in total. The third-order valence-electron chi connectivity index (χ3n) is 4.00. The molecule has 0 aliphatic carbocycles. The minimum atomic E-state index is -4.45. The standard InChI is InChI=1S/C15H16F3NO3/c1-9-12(14(21)22)5-6-19(9)13(20)8-10-3-2-4-11(7-10)15(16,17)18/h2-4,7,9,12H,5-6,8H2,1H3,(H,21,22). The molecule has 2 rings (SSSR count). The number of alkyl halides is 3. The van der Waals surface area contributed by atoms with Gasteiger partial charge in [0.2, 0.25) is 5.91 Å². The highest BCUT2D eigenvalue weighted by atomic mass is 19.4. The van der Waals surface area contributed by atoms with Crippen LogP contribution < -0.4 is 0 Å². The number of rotatable bonds is 3. The summed E-state index contributed by atoms with van der Waals surface area (Å²) < 4.78 is 37.9. The van der Waals surface area contributed by atoms with E-state index < -0.39 is 29.7 Å². The molecule has 1 saturated heterocycles. The lowest BCUT2D eigenvalue weighted by molar-refractivity contribution is -0.143. The van der Waals surface area contributed by atoms with Crippen molar-refractivity contribution in [1.82, 2.24) is 4.90 Å². The van der Waals surface area contributed by atoms with Gasteiger partial charge in [-0.05, 0) is 25.0 Å². The molecule has 1 aromatic carbocycles. The number of hydrogen-bond donors (Lipinski definition) is 1. The Hall–Kier alpha value is -2.05. The number of halogens is 3. The van der Waals surface area contributed by atoms with Crippen LogP contribution in [-0.4, -0.2) is 34.5 Å². The second-order valence-corrected chi connectivity index (χ2v) is 5.44. The molecule has 2 atom stereocenters. The number of carboxylic acids is 1. The first-order valence-corrected chi connectivity index (χ1v) is 6.88. The Morgan fingerprint density at radius 1 is 1.36 bits per heavy atom. The normalized spacial score (nSPS) is 21.9. The monoisotopic (exact) mass is 315 g/mol. The summed E-state index contributed by atoms with van der Waals surface area (Å²) in [5, 5.41) is 9.04. The van der Waals surface area contributed by atoms with Crippen LogP contribution in [0.1, 0.15) is 24.5 Å². The molecule has 7 heteroatoms. The topological polar surface area (TPSA) is 57.6 Å². The van der Waals surface area contributed by atoms with Gasteiger partial charge in [-0.3, -0.25) is 9.59 Å². The first kappa shape index (κ1) is 16.3. The molecule has 1 amide bonds. The van der Waals surface area contributed by atoms with Crippen molar-refractivity contribution >= 4 is 11.9 Å². The van der Waals surface area contributed by atoms with E-state index in [4.69, 9.17) is 5.11 Å². The molecule has 0 bridgehead atoms. The van der Waals surface area contributed by atoms with E-state index >= 15 is 0 Å². The molecular weight excluding hydrogens is 299 g/mol. The van der Waals surface area contributed by atoms with E-state index in [1.807, 2.05) is 0 Å². The Morgan fingerprint density at radius 3 is 2.59 bits per heavy atom. The van der Waals surface area contributed by atoms with Gasteiger partial charge in [-0.15, -0.1) is 0 Å². The van der Waals surface area contributed by atoms with Gasteiger partial charge in [0.25, 0.3) is 0 Å². The van der Waals surface area contributed by atoms with Crippen molar-refractivity contribution in [3.8, 4) is 0 Å². The summed E-state index contributed by atoms with van der Waals surface area (Å²) in [4.78, 5) is 24.7. The van der Waals surface area contributed by atoms with Crippen LogP contribution in [0.15, 0.2) is 24.3 Å². The van der Waals surface area contributed by atoms with Crippen LogP contribution in [0.2, 0.25) is 0 Å². The van der Waals surface area contributed by atoms with Crippen molar-refractivity contribution in [3.63, 3.8) is 0 Å². The maximum absolute atomic E-state index is 12.6. The summed E-state index contributed by atoms with van der Waals surface area (Å²) >= 11 is 0. The third-order valence-corrected chi connectivity index (χ3v) is 4.00. The van der Waals surface area contributed by atoms with Crippen LogP contribution in [-0.2, 0) is 22.2 Å². The maximum atomic E-state index is 12.6. The van der Waals surface area contributed by atoms with Crippen molar-refractivity contribution in [2.45, 2.75) is 32.0 Å². The fourth-order valence-electron chi connectivity index (χ4n) is 2.76. The minimum Gasteiger partial charge on any atom is -0.481 e. The van der Waals surface area contributed by atoms with Gasteiger partial charge >= 0.3 is 12.1 Å². The lowest BCUT2D eigenvalue weighted by Gasteiger charge is -2.23. The second kappa shape index (κ2) is 5.98. The van der Waals surface area contributed by atoms with Gasteiger partial charge in [-0.2, -0.15) is 13.2 Å². The van der Waals surface area contributed by atoms with Crippen molar-refractivity contribution in [1.29, 1.82) is 0 Å². The second-order valence-electron chi connectivity index (χ2n) is 5.44. The molecular formula is C15H16F3NO3. The molecule has 0 radical (unpaired) electrons. The number of carbonyl (C=O) groups is 2. The molecule has 1 aromatic rings. The summed E-state index contributed by atoms with van der Waals surface area (Å²) in [5.41, 5.74) is -0.526.